The van der Waals surface area contributed by atoms with Crippen LogP contribution in [0.4, 0.5) is 0 Å². The largest absolute Gasteiger partial charge is 0.384 e. The van der Waals surface area contributed by atoms with E-state index in [0.29, 0.717) is 18.8 Å². The first-order valence-corrected chi connectivity index (χ1v) is 9.13. The van der Waals surface area contributed by atoms with E-state index in [0.717, 1.165) is 43.2 Å². The Hall–Kier alpha value is -1.10. The molecule has 2 saturated heterocycles. The molecule has 0 radical (unpaired) electrons. The van der Waals surface area contributed by atoms with Gasteiger partial charge in [-0.15, -0.1) is 0 Å². The molecule has 0 saturated carbocycles. The van der Waals surface area contributed by atoms with Gasteiger partial charge in [-0.05, 0) is 50.4 Å². The third-order valence-corrected chi connectivity index (χ3v) is 6.01. The molecule has 132 valence electrons. The average Bonchev–Trinajstić information content (AvgIpc) is 2.54. The monoisotopic (exact) mass is 350 g/mol. The first kappa shape index (κ1) is 17.7. The van der Waals surface area contributed by atoms with Crippen molar-refractivity contribution in [3.05, 3.63) is 34.9 Å². The van der Waals surface area contributed by atoms with Gasteiger partial charge in [0.2, 0.25) is 5.91 Å². The lowest BCUT2D eigenvalue weighted by atomic mass is 9.75. The lowest BCUT2D eigenvalue weighted by Crippen LogP contribution is -2.72. The Morgan fingerprint density at radius 3 is 2.83 bits per heavy atom. The van der Waals surface area contributed by atoms with Crippen molar-refractivity contribution in [2.75, 3.05) is 40.4 Å². The van der Waals surface area contributed by atoms with Gasteiger partial charge in [0.05, 0.1) is 5.54 Å². The Labute approximate surface area is 149 Å². The highest BCUT2D eigenvalue weighted by molar-refractivity contribution is 6.31. The van der Waals surface area contributed by atoms with E-state index >= 15 is 0 Å². The third-order valence-electron chi connectivity index (χ3n) is 5.64. The fourth-order valence-electron chi connectivity index (χ4n) is 4.10. The lowest BCUT2D eigenvalue weighted by Gasteiger charge is -2.58. The first-order chi connectivity index (χ1) is 11.5. The van der Waals surface area contributed by atoms with E-state index in [2.05, 4.69) is 11.9 Å². The number of amides is 1. The lowest BCUT2D eigenvalue weighted by molar-refractivity contribution is -0.150. The summed E-state index contributed by atoms with van der Waals surface area (Å²) in [7, 11) is 3.96. The summed E-state index contributed by atoms with van der Waals surface area (Å²) in [5.74, 6) is 0.856. The minimum absolute atomic E-state index is 0.168. The highest BCUT2D eigenvalue weighted by Crippen LogP contribution is 2.38. The van der Waals surface area contributed by atoms with Crippen LogP contribution >= 0.6 is 11.6 Å². The summed E-state index contributed by atoms with van der Waals surface area (Å²) < 4.78 is 5.34. The maximum Gasteiger partial charge on any atom is 0.223 e. The molecule has 1 unspecified atom stereocenters. The standard InChI is InChI=1S/C19H27ClN2O2/c1-21-10-9-15(12-24-2)11-19(21)13-22(14-19)18(23)8-7-16-5-3-4-6-17(16)20/h3-6,15H,7-14H2,1-2H3. The average molecular weight is 351 g/mol. The van der Waals surface area contributed by atoms with E-state index < -0.39 is 0 Å². The molecule has 1 spiro atoms. The van der Waals surface area contributed by atoms with Gasteiger partial charge in [0.25, 0.3) is 0 Å². The summed E-state index contributed by atoms with van der Waals surface area (Å²) in [6, 6.07) is 7.77. The molecule has 1 aromatic rings. The third kappa shape index (κ3) is 3.61. The van der Waals surface area contributed by atoms with Crippen molar-refractivity contribution in [2.45, 2.75) is 31.2 Å². The van der Waals surface area contributed by atoms with Crippen LogP contribution in [0.3, 0.4) is 0 Å². The number of ether oxygens (including phenoxy) is 1. The molecule has 0 N–H and O–H groups in total. The predicted molar refractivity (Wildman–Crippen MR) is 96.3 cm³/mol. The van der Waals surface area contributed by atoms with E-state index in [1.54, 1.807) is 7.11 Å². The van der Waals surface area contributed by atoms with Crippen LogP contribution in [0.25, 0.3) is 0 Å². The number of rotatable bonds is 5. The molecule has 1 amide bonds. The number of likely N-dealkylation sites (N-methyl/N-ethyl adjacent to an activating group) is 1. The Bertz CT molecular complexity index is 586. The molecule has 0 aliphatic carbocycles. The van der Waals surface area contributed by atoms with E-state index in [9.17, 15) is 4.79 Å². The predicted octanol–water partition coefficient (Wildman–Crippen LogP) is 2.84. The molecule has 5 heteroatoms. The maximum atomic E-state index is 12.5. The summed E-state index contributed by atoms with van der Waals surface area (Å²) in [6.45, 7) is 3.63. The molecule has 2 aliphatic heterocycles. The zero-order chi connectivity index (χ0) is 17.2. The van der Waals surface area contributed by atoms with Crippen LogP contribution in [0.5, 0.6) is 0 Å². The minimum atomic E-state index is 0.168. The van der Waals surface area contributed by atoms with Crippen molar-refractivity contribution in [3.63, 3.8) is 0 Å². The van der Waals surface area contributed by atoms with Crippen LogP contribution in [0, 0.1) is 5.92 Å². The summed E-state index contributed by atoms with van der Waals surface area (Å²) in [5.41, 5.74) is 1.22. The van der Waals surface area contributed by atoms with Crippen molar-refractivity contribution < 1.29 is 9.53 Å². The zero-order valence-electron chi connectivity index (χ0n) is 14.6. The number of benzene rings is 1. The minimum Gasteiger partial charge on any atom is -0.384 e. The Balaban J connectivity index is 1.51. The van der Waals surface area contributed by atoms with Crippen LogP contribution in [0.2, 0.25) is 5.02 Å². The fraction of sp³-hybridized carbons (Fsp3) is 0.632. The van der Waals surface area contributed by atoms with E-state index in [1.165, 1.54) is 6.42 Å². The van der Waals surface area contributed by atoms with Crippen LogP contribution in [0.1, 0.15) is 24.8 Å². The van der Waals surface area contributed by atoms with Gasteiger partial charge in [-0.25, -0.2) is 0 Å². The number of methoxy groups -OCH3 is 1. The van der Waals surface area contributed by atoms with Crippen molar-refractivity contribution in [1.82, 2.24) is 9.80 Å². The van der Waals surface area contributed by atoms with Gasteiger partial charge in [0.15, 0.2) is 0 Å². The van der Waals surface area contributed by atoms with Crippen LogP contribution in [-0.2, 0) is 16.0 Å². The summed E-state index contributed by atoms with van der Waals surface area (Å²) >= 11 is 6.17. The second-order valence-corrected chi connectivity index (χ2v) is 7.71. The van der Waals surface area contributed by atoms with Gasteiger partial charge in [-0.2, -0.15) is 0 Å². The molecule has 1 atom stereocenters. The Kier molecular flexibility index (Phi) is 5.48. The first-order valence-electron chi connectivity index (χ1n) is 8.75. The molecular formula is C19H27ClN2O2. The fourth-order valence-corrected chi connectivity index (χ4v) is 4.33. The Morgan fingerprint density at radius 1 is 1.38 bits per heavy atom. The maximum absolute atomic E-state index is 12.5. The van der Waals surface area contributed by atoms with Gasteiger partial charge in [-0.3, -0.25) is 9.69 Å². The number of nitrogens with zero attached hydrogens (tertiary/aromatic N) is 2. The molecule has 4 nitrogen and oxygen atoms in total. The number of carbonyl (C=O) groups is 1. The van der Waals surface area contributed by atoms with Crippen LogP contribution < -0.4 is 0 Å². The summed E-state index contributed by atoms with van der Waals surface area (Å²) in [6.07, 6.45) is 3.56. The highest BCUT2D eigenvalue weighted by Gasteiger charge is 2.50. The molecule has 0 bridgehead atoms. The molecule has 1 aromatic carbocycles. The van der Waals surface area contributed by atoms with E-state index in [-0.39, 0.29) is 11.4 Å². The highest BCUT2D eigenvalue weighted by atomic mass is 35.5. The number of aryl methyl sites for hydroxylation is 1. The molecule has 0 aromatic heterocycles. The molecule has 24 heavy (non-hydrogen) atoms. The number of piperidine rings is 1. The van der Waals surface area contributed by atoms with Gasteiger partial charge < -0.3 is 9.64 Å². The number of hydrogen-bond acceptors (Lipinski definition) is 3. The second kappa shape index (κ2) is 7.42. The summed E-state index contributed by atoms with van der Waals surface area (Å²) in [5, 5.41) is 0.750. The van der Waals surface area contributed by atoms with Crippen LogP contribution in [-0.4, -0.2) is 61.6 Å². The molecule has 2 heterocycles. The van der Waals surface area contributed by atoms with Crippen molar-refractivity contribution in [2.24, 2.45) is 5.92 Å². The number of likely N-dealkylation sites (tertiary alicyclic amines) is 2. The topological polar surface area (TPSA) is 32.8 Å². The van der Waals surface area contributed by atoms with Gasteiger partial charge in [0.1, 0.15) is 0 Å². The SMILES string of the molecule is COCC1CCN(C)C2(C1)CN(C(=O)CCc1ccccc1Cl)C2. The second-order valence-electron chi connectivity index (χ2n) is 7.30. The molecule has 2 fully saturated rings. The van der Waals surface area contributed by atoms with Gasteiger partial charge >= 0.3 is 0 Å². The van der Waals surface area contributed by atoms with E-state index in [1.807, 2.05) is 29.2 Å². The smallest absolute Gasteiger partial charge is 0.223 e. The van der Waals surface area contributed by atoms with Gasteiger partial charge in [0, 0.05) is 38.2 Å². The zero-order valence-corrected chi connectivity index (χ0v) is 15.4. The normalized spacial score (nSPS) is 23.3. The van der Waals surface area contributed by atoms with Crippen molar-refractivity contribution >= 4 is 17.5 Å². The number of carbonyl (C=O) groups excluding carboxylic acids is 1. The van der Waals surface area contributed by atoms with Gasteiger partial charge in [-0.1, -0.05) is 29.8 Å². The van der Waals surface area contributed by atoms with E-state index in [4.69, 9.17) is 16.3 Å². The quantitative estimate of drug-likeness (QED) is 0.818. The molecule has 2 aliphatic rings. The number of hydrogen-bond donors (Lipinski definition) is 0. The number of halogens is 1. The summed E-state index contributed by atoms with van der Waals surface area (Å²) in [4.78, 5) is 16.9. The van der Waals surface area contributed by atoms with Crippen molar-refractivity contribution in [1.29, 1.82) is 0 Å². The Morgan fingerprint density at radius 2 is 2.12 bits per heavy atom. The molecular weight excluding hydrogens is 324 g/mol. The van der Waals surface area contributed by atoms with Crippen LogP contribution in [0.15, 0.2) is 24.3 Å². The van der Waals surface area contributed by atoms with Crippen molar-refractivity contribution in [3.8, 4) is 0 Å². The molecule has 3 rings (SSSR count).